The summed E-state index contributed by atoms with van der Waals surface area (Å²) in [5, 5.41) is 20.2. The van der Waals surface area contributed by atoms with Crippen LogP contribution in [0.15, 0.2) is 48.5 Å². The summed E-state index contributed by atoms with van der Waals surface area (Å²) in [5.41, 5.74) is 4.13. The minimum absolute atomic E-state index is 0.211. The van der Waals surface area contributed by atoms with Gasteiger partial charge in [0.05, 0.1) is 12.2 Å². The molecule has 0 spiro atoms. The summed E-state index contributed by atoms with van der Waals surface area (Å²) in [6, 6.07) is 16.1. The summed E-state index contributed by atoms with van der Waals surface area (Å²) >= 11 is 0. The van der Waals surface area contributed by atoms with Crippen LogP contribution in [-0.4, -0.2) is 10.2 Å². The standard InChI is InChI=1S/C20H26O2/c1-13(2)19(21)17-9-5-15(6-10-17)16-7-11-18(12-8-16)20(22)14(3)4/h5-14,19-22H,1-4H3/t19-,20-/m1/s1. The minimum Gasteiger partial charge on any atom is -0.388 e. The second kappa shape index (κ2) is 7.08. The van der Waals surface area contributed by atoms with E-state index < -0.39 is 12.2 Å². The molecular weight excluding hydrogens is 272 g/mol. The number of aliphatic hydroxyl groups is 2. The van der Waals surface area contributed by atoms with Gasteiger partial charge in [-0.1, -0.05) is 76.2 Å². The summed E-state index contributed by atoms with van der Waals surface area (Å²) in [6.45, 7) is 8.04. The zero-order valence-electron chi connectivity index (χ0n) is 13.8. The quantitative estimate of drug-likeness (QED) is 0.837. The van der Waals surface area contributed by atoms with E-state index in [1.165, 1.54) is 0 Å². The highest BCUT2D eigenvalue weighted by atomic mass is 16.3. The molecule has 22 heavy (non-hydrogen) atoms. The molecule has 0 heterocycles. The van der Waals surface area contributed by atoms with Crippen molar-refractivity contribution in [1.29, 1.82) is 0 Å². The first-order valence-electron chi connectivity index (χ1n) is 7.96. The van der Waals surface area contributed by atoms with Gasteiger partial charge in [0.25, 0.3) is 0 Å². The van der Waals surface area contributed by atoms with Crippen LogP contribution >= 0.6 is 0 Å². The van der Waals surface area contributed by atoms with E-state index in [-0.39, 0.29) is 11.8 Å². The van der Waals surface area contributed by atoms with Crippen LogP contribution in [0.2, 0.25) is 0 Å². The molecule has 2 nitrogen and oxygen atoms in total. The van der Waals surface area contributed by atoms with Crippen LogP contribution in [0, 0.1) is 11.8 Å². The molecule has 0 saturated heterocycles. The molecule has 0 amide bonds. The van der Waals surface area contributed by atoms with E-state index in [9.17, 15) is 10.2 Å². The largest absolute Gasteiger partial charge is 0.388 e. The second-order valence-corrected chi connectivity index (χ2v) is 6.62. The summed E-state index contributed by atoms with van der Waals surface area (Å²) in [7, 11) is 0. The van der Waals surface area contributed by atoms with Crippen LogP contribution in [0.1, 0.15) is 51.0 Å². The lowest BCUT2D eigenvalue weighted by molar-refractivity contribution is 0.127. The second-order valence-electron chi connectivity index (χ2n) is 6.62. The van der Waals surface area contributed by atoms with Gasteiger partial charge in [-0.25, -0.2) is 0 Å². The number of hydrogen-bond acceptors (Lipinski definition) is 2. The van der Waals surface area contributed by atoms with Gasteiger partial charge in [-0.2, -0.15) is 0 Å². The maximum Gasteiger partial charge on any atom is 0.0812 e. The molecule has 0 radical (unpaired) electrons. The van der Waals surface area contributed by atoms with Crippen LogP contribution in [0.5, 0.6) is 0 Å². The van der Waals surface area contributed by atoms with Crippen molar-refractivity contribution in [3.05, 3.63) is 59.7 Å². The van der Waals surface area contributed by atoms with Gasteiger partial charge in [-0.3, -0.25) is 0 Å². The Morgan fingerprint density at radius 3 is 1.05 bits per heavy atom. The van der Waals surface area contributed by atoms with Gasteiger partial charge in [-0.05, 0) is 34.1 Å². The summed E-state index contributed by atoms with van der Waals surface area (Å²) in [4.78, 5) is 0. The fourth-order valence-corrected chi connectivity index (χ4v) is 2.52. The fraction of sp³-hybridized carbons (Fsp3) is 0.400. The SMILES string of the molecule is CC(C)[C@@H](O)c1ccc(-c2ccc([C@H](O)C(C)C)cc2)cc1. The Hall–Kier alpha value is -1.64. The Kier molecular flexibility index (Phi) is 5.38. The van der Waals surface area contributed by atoms with Gasteiger partial charge in [-0.15, -0.1) is 0 Å². The molecule has 0 saturated carbocycles. The third-order valence-corrected chi connectivity index (χ3v) is 4.10. The first-order valence-corrected chi connectivity index (χ1v) is 7.96. The van der Waals surface area contributed by atoms with Gasteiger partial charge < -0.3 is 10.2 Å². The topological polar surface area (TPSA) is 40.5 Å². The Morgan fingerprint density at radius 2 is 0.818 bits per heavy atom. The van der Waals surface area contributed by atoms with E-state index in [1.807, 2.05) is 76.2 Å². The highest BCUT2D eigenvalue weighted by molar-refractivity contribution is 5.64. The van der Waals surface area contributed by atoms with Crippen molar-refractivity contribution >= 4 is 0 Å². The molecule has 0 fully saturated rings. The fourth-order valence-electron chi connectivity index (χ4n) is 2.52. The van der Waals surface area contributed by atoms with Gasteiger partial charge in [0.15, 0.2) is 0 Å². The lowest BCUT2D eigenvalue weighted by Crippen LogP contribution is -2.05. The maximum atomic E-state index is 10.1. The highest BCUT2D eigenvalue weighted by Crippen LogP contribution is 2.27. The van der Waals surface area contributed by atoms with Crippen molar-refractivity contribution in [2.75, 3.05) is 0 Å². The third kappa shape index (κ3) is 3.76. The average molecular weight is 298 g/mol. The maximum absolute atomic E-state index is 10.1. The Balaban J connectivity index is 2.18. The number of rotatable bonds is 5. The van der Waals surface area contributed by atoms with Crippen molar-refractivity contribution in [1.82, 2.24) is 0 Å². The Bertz CT molecular complexity index is 527. The van der Waals surface area contributed by atoms with Gasteiger partial charge in [0.2, 0.25) is 0 Å². The van der Waals surface area contributed by atoms with Crippen LogP contribution < -0.4 is 0 Å². The predicted molar refractivity (Wildman–Crippen MR) is 91.5 cm³/mol. The van der Waals surface area contributed by atoms with Crippen molar-refractivity contribution in [2.45, 2.75) is 39.9 Å². The molecule has 2 atom stereocenters. The predicted octanol–water partition coefficient (Wildman–Crippen LogP) is 4.73. The van der Waals surface area contributed by atoms with Crippen molar-refractivity contribution in [2.24, 2.45) is 11.8 Å². The molecule has 2 N–H and O–H groups in total. The lowest BCUT2D eigenvalue weighted by Gasteiger charge is -2.16. The zero-order chi connectivity index (χ0) is 16.3. The molecular formula is C20H26O2. The van der Waals surface area contributed by atoms with Crippen molar-refractivity contribution in [3.63, 3.8) is 0 Å². The van der Waals surface area contributed by atoms with Crippen LogP contribution in [0.25, 0.3) is 11.1 Å². The van der Waals surface area contributed by atoms with Crippen molar-refractivity contribution < 1.29 is 10.2 Å². The van der Waals surface area contributed by atoms with Crippen LogP contribution in [0.4, 0.5) is 0 Å². The highest BCUT2D eigenvalue weighted by Gasteiger charge is 2.13. The Morgan fingerprint density at radius 1 is 0.545 bits per heavy atom. The Labute approximate surface area is 133 Å². The molecule has 2 rings (SSSR count). The van der Waals surface area contributed by atoms with Crippen LogP contribution in [-0.2, 0) is 0 Å². The smallest absolute Gasteiger partial charge is 0.0812 e. The molecule has 0 aliphatic carbocycles. The van der Waals surface area contributed by atoms with Crippen LogP contribution in [0.3, 0.4) is 0 Å². The number of aliphatic hydroxyl groups excluding tert-OH is 2. The van der Waals surface area contributed by atoms with E-state index in [0.29, 0.717) is 0 Å². The van der Waals surface area contributed by atoms with E-state index in [2.05, 4.69) is 0 Å². The number of hydrogen-bond donors (Lipinski definition) is 2. The summed E-state index contributed by atoms with van der Waals surface area (Å²) in [6.07, 6.45) is -0.838. The molecule has 2 aromatic carbocycles. The van der Waals surface area contributed by atoms with E-state index in [0.717, 1.165) is 22.3 Å². The molecule has 0 aromatic heterocycles. The molecule has 0 aliphatic heterocycles. The molecule has 2 heteroatoms. The monoisotopic (exact) mass is 298 g/mol. The first-order chi connectivity index (χ1) is 10.4. The van der Waals surface area contributed by atoms with Gasteiger partial charge in [0.1, 0.15) is 0 Å². The lowest BCUT2D eigenvalue weighted by atomic mass is 9.94. The van der Waals surface area contributed by atoms with E-state index in [4.69, 9.17) is 0 Å². The molecule has 0 aliphatic rings. The molecule has 0 unspecified atom stereocenters. The first kappa shape index (κ1) is 16.7. The van der Waals surface area contributed by atoms with E-state index in [1.54, 1.807) is 0 Å². The molecule has 2 aromatic rings. The summed E-state index contributed by atoms with van der Waals surface area (Å²) < 4.78 is 0. The van der Waals surface area contributed by atoms with Gasteiger partial charge in [0, 0.05) is 0 Å². The third-order valence-electron chi connectivity index (χ3n) is 4.10. The average Bonchev–Trinajstić information content (AvgIpc) is 2.53. The minimum atomic E-state index is -0.419. The summed E-state index contributed by atoms with van der Waals surface area (Å²) in [5.74, 6) is 0.422. The van der Waals surface area contributed by atoms with E-state index >= 15 is 0 Å². The van der Waals surface area contributed by atoms with Crippen molar-refractivity contribution in [3.8, 4) is 11.1 Å². The number of benzene rings is 2. The molecule has 0 bridgehead atoms. The zero-order valence-corrected chi connectivity index (χ0v) is 13.8. The van der Waals surface area contributed by atoms with Gasteiger partial charge >= 0.3 is 0 Å². The molecule has 118 valence electrons. The normalized spacial score (nSPS) is 14.4.